The smallest absolute Gasteiger partial charge is 0.339 e. The number of carbonyl (C=O) groups excluding carboxylic acids is 2. The zero-order chi connectivity index (χ0) is 19.2. The number of halogens is 1. The Labute approximate surface area is 154 Å². The molecule has 2 N–H and O–H groups in total. The average molecular weight is 366 g/mol. The van der Waals surface area contributed by atoms with Crippen molar-refractivity contribution in [2.24, 2.45) is 0 Å². The maximum absolute atomic E-state index is 12.9. The number of methoxy groups -OCH3 is 1. The molecule has 3 aromatic rings. The summed E-state index contributed by atoms with van der Waals surface area (Å²) in [5.74, 6) is -1.00. The van der Waals surface area contributed by atoms with E-state index in [1.165, 1.54) is 43.8 Å². The molecule has 7 nitrogen and oxygen atoms in total. The van der Waals surface area contributed by atoms with E-state index in [0.29, 0.717) is 22.8 Å². The number of aromatic nitrogens is 2. The number of hydrogen-bond acceptors (Lipinski definition) is 6. The number of amides is 1. The van der Waals surface area contributed by atoms with Crippen molar-refractivity contribution in [2.45, 2.75) is 0 Å². The number of nitrogens with zero attached hydrogens (tertiary/aromatic N) is 2. The van der Waals surface area contributed by atoms with E-state index in [9.17, 15) is 14.0 Å². The summed E-state index contributed by atoms with van der Waals surface area (Å²) in [6.07, 6.45) is 2.66. The first-order valence-electron chi connectivity index (χ1n) is 7.90. The van der Waals surface area contributed by atoms with Crippen LogP contribution >= 0.6 is 0 Å². The molecule has 0 fully saturated rings. The summed E-state index contributed by atoms with van der Waals surface area (Å²) in [5.41, 5.74) is 1.38. The largest absolute Gasteiger partial charge is 0.465 e. The summed E-state index contributed by atoms with van der Waals surface area (Å²) in [7, 11) is 1.30. The maximum Gasteiger partial charge on any atom is 0.339 e. The number of anilines is 3. The van der Waals surface area contributed by atoms with Gasteiger partial charge in [-0.1, -0.05) is 12.1 Å². The summed E-state index contributed by atoms with van der Waals surface area (Å²) in [6.45, 7) is 0. The third-order valence-corrected chi connectivity index (χ3v) is 3.58. The number of carbonyl (C=O) groups is 2. The minimum Gasteiger partial charge on any atom is -0.465 e. The van der Waals surface area contributed by atoms with E-state index < -0.39 is 17.7 Å². The molecule has 0 spiro atoms. The number of ether oxygens (including phenoxy) is 1. The first-order chi connectivity index (χ1) is 13.1. The first-order valence-corrected chi connectivity index (χ1v) is 7.90. The molecule has 0 aliphatic rings. The fraction of sp³-hybridized carbons (Fsp3) is 0.0526. The molecule has 0 unspecified atom stereocenters. The van der Waals surface area contributed by atoms with E-state index in [1.54, 1.807) is 24.3 Å². The molecular weight excluding hydrogens is 351 g/mol. The van der Waals surface area contributed by atoms with Crippen LogP contribution in [0.2, 0.25) is 0 Å². The summed E-state index contributed by atoms with van der Waals surface area (Å²) < 4.78 is 17.6. The molecule has 1 heterocycles. The molecule has 0 aliphatic carbocycles. The molecule has 0 atom stereocenters. The fourth-order valence-corrected chi connectivity index (χ4v) is 2.26. The summed E-state index contributed by atoms with van der Waals surface area (Å²) in [6, 6.07) is 12.2. The van der Waals surface area contributed by atoms with Crippen molar-refractivity contribution < 1.29 is 18.7 Å². The van der Waals surface area contributed by atoms with Crippen LogP contribution in [-0.4, -0.2) is 29.0 Å². The highest BCUT2D eigenvalue weighted by atomic mass is 19.1. The van der Waals surface area contributed by atoms with E-state index in [1.807, 2.05) is 0 Å². The average Bonchev–Trinajstić information content (AvgIpc) is 2.70. The number of para-hydroxylation sites is 1. The van der Waals surface area contributed by atoms with Gasteiger partial charge in [0.2, 0.25) is 0 Å². The Morgan fingerprint density at radius 2 is 1.74 bits per heavy atom. The van der Waals surface area contributed by atoms with Crippen LogP contribution < -0.4 is 10.6 Å². The van der Waals surface area contributed by atoms with E-state index in [4.69, 9.17) is 4.74 Å². The zero-order valence-electron chi connectivity index (χ0n) is 14.3. The maximum atomic E-state index is 12.9. The van der Waals surface area contributed by atoms with Crippen LogP contribution in [0.4, 0.5) is 21.6 Å². The van der Waals surface area contributed by atoms with Gasteiger partial charge in [0.1, 0.15) is 17.3 Å². The van der Waals surface area contributed by atoms with E-state index in [0.717, 1.165) is 0 Å². The first kappa shape index (κ1) is 18.0. The van der Waals surface area contributed by atoms with Crippen LogP contribution in [0.25, 0.3) is 0 Å². The highest BCUT2D eigenvalue weighted by molar-refractivity contribution is 6.02. The van der Waals surface area contributed by atoms with Gasteiger partial charge in [0.25, 0.3) is 5.91 Å². The minimum atomic E-state index is -0.485. The van der Waals surface area contributed by atoms with Crippen LogP contribution in [0, 0.1) is 5.82 Å². The van der Waals surface area contributed by atoms with Gasteiger partial charge in [-0.25, -0.2) is 19.2 Å². The van der Waals surface area contributed by atoms with Gasteiger partial charge in [0.05, 0.1) is 30.8 Å². The number of benzene rings is 2. The van der Waals surface area contributed by atoms with Gasteiger partial charge in [-0.3, -0.25) is 4.79 Å². The van der Waals surface area contributed by atoms with Crippen LogP contribution in [0.3, 0.4) is 0 Å². The Morgan fingerprint density at radius 3 is 2.41 bits per heavy atom. The lowest BCUT2D eigenvalue weighted by Gasteiger charge is -2.10. The van der Waals surface area contributed by atoms with Crippen molar-refractivity contribution in [3.63, 3.8) is 0 Å². The molecule has 3 rings (SSSR count). The molecule has 0 saturated heterocycles. The normalized spacial score (nSPS) is 10.1. The van der Waals surface area contributed by atoms with E-state index >= 15 is 0 Å². The van der Waals surface area contributed by atoms with Crippen LogP contribution in [0.5, 0.6) is 0 Å². The molecule has 0 bridgehead atoms. The molecular formula is C19H15FN4O3. The third-order valence-electron chi connectivity index (χ3n) is 3.58. The summed E-state index contributed by atoms with van der Waals surface area (Å²) >= 11 is 0. The predicted molar refractivity (Wildman–Crippen MR) is 97.4 cm³/mol. The van der Waals surface area contributed by atoms with Crippen LogP contribution in [0.15, 0.2) is 60.9 Å². The van der Waals surface area contributed by atoms with Crippen molar-refractivity contribution in [3.05, 3.63) is 78.0 Å². The third kappa shape index (κ3) is 4.43. The van der Waals surface area contributed by atoms with Gasteiger partial charge in [-0.05, 0) is 36.4 Å². The Bertz CT molecular complexity index is 959. The number of hydrogen-bond donors (Lipinski definition) is 2. The number of esters is 1. The lowest BCUT2D eigenvalue weighted by atomic mass is 10.2. The highest BCUT2D eigenvalue weighted by Crippen LogP contribution is 2.20. The van der Waals surface area contributed by atoms with Gasteiger partial charge < -0.3 is 15.4 Å². The molecule has 1 aromatic heterocycles. The monoisotopic (exact) mass is 366 g/mol. The Hall–Kier alpha value is -3.81. The second-order valence-corrected chi connectivity index (χ2v) is 5.41. The van der Waals surface area contributed by atoms with Gasteiger partial charge in [-0.2, -0.15) is 0 Å². The van der Waals surface area contributed by atoms with Crippen molar-refractivity contribution in [1.82, 2.24) is 9.97 Å². The van der Waals surface area contributed by atoms with E-state index in [-0.39, 0.29) is 5.69 Å². The molecule has 0 radical (unpaired) electrons. The Kier molecular flexibility index (Phi) is 5.36. The molecule has 2 aromatic carbocycles. The molecule has 8 heteroatoms. The van der Waals surface area contributed by atoms with Crippen molar-refractivity contribution in [2.75, 3.05) is 17.7 Å². The number of rotatable bonds is 5. The van der Waals surface area contributed by atoms with Crippen molar-refractivity contribution in [3.8, 4) is 0 Å². The van der Waals surface area contributed by atoms with Gasteiger partial charge in [0, 0.05) is 5.69 Å². The van der Waals surface area contributed by atoms with E-state index in [2.05, 4.69) is 20.6 Å². The van der Waals surface area contributed by atoms with Gasteiger partial charge in [-0.15, -0.1) is 0 Å². The summed E-state index contributed by atoms with van der Waals surface area (Å²) in [5, 5.41) is 5.56. The molecule has 27 heavy (non-hydrogen) atoms. The Morgan fingerprint density at radius 1 is 1.00 bits per heavy atom. The zero-order valence-corrected chi connectivity index (χ0v) is 14.3. The molecule has 0 saturated carbocycles. The lowest BCUT2D eigenvalue weighted by Crippen LogP contribution is -2.14. The number of nitrogens with one attached hydrogen (secondary N) is 2. The Balaban J connectivity index is 1.71. The van der Waals surface area contributed by atoms with Crippen LogP contribution in [0.1, 0.15) is 20.8 Å². The minimum absolute atomic E-state index is 0.0890. The van der Waals surface area contributed by atoms with Crippen molar-refractivity contribution in [1.29, 1.82) is 0 Å². The quantitative estimate of drug-likeness (QED) is 0.672. The SMILES string of the molecule is COC(=O)c1ccccc1Nc1cnc(C(=O)Nc2ccc(F)cc2)cn1. The predicted octanol–water partition coefficient (Wildman–Crippen LogP) is 3.40. The highest BCUT2D eigenvalue weighted by Gasteiger charge is 2.13. The molecule has 1 amide bonds. The van der Waals surface area contributed by atoms with Crippen LogP contribution in [-0.2, 0) is 4.74 Å². The van der Waals surface area contributed by atoms with Crippen molar-refractivity contribution >= 4 is 29.1 Å². The summed E-state index contributed by atoms with van der Waals surface area (Å²) in [4.78, 5) is 32.1. The fourth-order valence-electron chi connectivity index (χ4n) is 2.26. The van der Waals surface area contributed by atoms with Gasteiger partial charge >= 0.3 is 5.97 Å². The second kappa shape index (κ2) is 8.05. The second-order valence-electron chi connectivity index (χ2n) is 5.41. The molecule has 136 valence electrons. The van der Waals surface area contributed by atoms with Gasteiger partial charge in [0.15, 0.2) is 0 Å². The topological polar surface area (TPSA) is 93.2 Å². The standard InChI is InChI=1S/C19H15FN4O3/c1-27-19(26)14-4-2-3-5-15(14)24-17-11-21-16(10-22-17)18(25)23-13-8-6-12(20)7-9-13/h2-11H,1H3,(H,22,24)(H,23,25). The molecule has 0 aliphatic heterocycles. The lowest BCUT2D eigenvalue weighted by molar-refractivity contribution is 0.0601.